The minimum atomic E-state index is -0.685. The third kappa shape index (κ3) is 5.11. The van der Waals surface area contributed by atoms with Crippen molar-refractivity contribution < 1.29 is 14.6 Å². The normalized spacial score (nSPS) is 26.3. The molecule has 1 aliphatic carbocycles. The first-order valence-electron chi connectivity index (χ1n) is 12.2. The van der Waals surface area contributed by atoms with Gasteiger partial charge in [-0.3, -0.25) is 9.69 Å². The topological polar surface area (TPSA) is 49.8 Å². The lowest BCUT2D eigenvalue weighted by Gasteiger charge is -2.37. The highest BCUT2D eigenvalue weighted by atomic mass is 16.5. The second-order valence-electron chi connectivity index (χ2n) is 11.8. The summed E-state index contributed by atoms with van der Waals surface area (Å²) in [6.07, 6.45) is 5.11. The van der Waals surface area contributed by atoms with Gasteiger partial charge in [0.1, 0.15) is 5.75 Å². The predicted octanol–water partition coefficient (Wildman–Crippen LogP) is 6.37. The number of carboxylic acid groups (broad SMARTS) is 1. The highest BCUT2D eigenvalue weighted by Gasteiger charge is 2.43. The summed E-state index contributed by atoms with van der Waals surface area (Å²) in [5.74, 6) is 0.774. The maximum absolute atomic E-state index is 11.6. The highest BCUT2D eigenvalue weighted by Crippen LogP contribution is 2.39. The third-order valence-electron chi connectivity index (χ3n) is 7.80. The summed E-state index contributed by atoms with van der Waals surface area (Å²) in [7, 11) is 0. The van der Waals surface area contributed by atoms with Gasteiger partial charge in [-0.15, -0.1) is 0 Å². The van der Waals surface area contributed by atoms with Crippen LogP contribution in [-0.2, 0) is 11.3 Å². The maximum atomic E-state index is 11.6. The average Bonchev–Trinajstić information content (AvgIpc) is 3.02. The van der Waals surface area contributed by atoms with E-state index >= 15 is 0 Å². The van der Waals surface area contributed by atoms with E-state index in [1.54, 1.807) is 0 Å². The first-order chi connectivity index (χ1) is 15.0. The molecule has 1 heterocycles. The number of hydrogen-bond acceptors (Lipinski definition) is 3. The van der Waals surface area contributed by atoms with Gasteiger partial charge in [0, 0.05) is 19.6 Å². The Bertz CT molecular complexity index is 966. The zero-order valence-electron chi connectivity index (χ0n) is 20.4. The van der Waals surface area contributed by atoms with Crippen molar-refractivity contribution in [3.63, 3.8) is 0 Å². The fourth-order valence-electron chi connectivity index (χ4n) is 5.73. The molecule has 1 saturated heterocycles. The smallest absolute Gasteiger partial charge is 0.308 e. The van der Waals surface area contributed by atoms with Crippen molar-refractivity contribution in [1.29, 1.82) is 0 Å². The summed E-state index contributed by atoms with van der Waals surface area (Å²) in [6, 6.07) is 13.0. The lowest BCUT2D eigenvalue weighted by atomic mass is 9.72. The molecule has 4 heteroatoms. The first-order valence-corrected chi connectivity index (χ1v) is 12.2. The fourth-order valence-corrected chi connectivity index (χ4v) is 5.73. The van der Waals surface area contributed by atoms with Gasteiger partial charge in [0.05, 0.1) is 12.0 Å². The summed E-state index contributed by atoms with van der Waals surface area (Å²) >= 11 is 0. The molecule has 1 saturated carbocycles. The molecule has 1 N–H and O–H groups in total. The summed E-state index contributed by atoms with van der Waals surface area (Å²) < 4.78 is 6.36. The van der Waals surface area contributed by atoms with Gasteiger partial charge in [0.25, 0.3) is 0 Å². The van der Waals surface area contributed by atoms with Crippen LogP contribution in [0.3, 0.4) is 0 Å². The van der Waals surface area contributed by atoms with Crippen molar-refractivity contribution in [3.05, 3.63) is 42.0 Å². The van der Waals surface area contributed by atoms with Crippen molar-refractivity contribution in [2.24, 2.45) is 22.7 Å². The zero-order chi connectivity index (χ0) is 23.1. The largest absolute Gasteiger partial charge is 0.490 e. The SMILES string of the molecule is CC1(C)CN(Cc2ccc3cc(O[C@H]4CC[C@H](C(C)(C)C)CC4)ccc3c2)CC1C(=O)O. The number of rotatable bonds is 5. The van der Waals surface area contributed by atoms with Crippen LogP contribution in [0.15, 0.2) is 36.4 Å². The van der Waals surface area contributed by atoms with Gasteiger partial charge in [-0.25, -0.2) is 0 Å². The van der Waals surface area contributed by atoms with Crippen LogP contribution in [0, 0.1) is 22.7 Å². The Morgan fingerprint density at radius 1 is 1.06 bits per heavy atom. The van der Waals surface area contributed by atoms with E-state index in [1.807, 2.05) is 0 Å². The standard InChI is InChI=1S/C28H39NO3/c1-27(2,3)22-9-12-23(13-10-22)32-24-11-8-20-14-19(6-7-21(20)15-24)16-29-17-25(26(30)31)28(4,5)18-29/h6-8,11,14-15,22-23,25H,9-10,12-13,16-18H2,1-5H3,(H,30,31)/t22-,23-,25?. The van der Waals surface area contributed by atoms with Crippen LogP contribution < -0.4 is 4.74 Å². The molecule has 1 aliphatic heterocycles. The molecular weight excluding hydrogens is 398 g/mol. The Labute approximate surface area is 192 Å². The molecule has 0 radical (unpaired) electrons. The maximum Gasteiger partial charge on any atom is 0.308 e. The van der Waals surface area contributed by atoms with E-state index < -0.39 is 5.97 Å². The van der Waals surface area contributed by atoms with Gasteiger partial charge in [-0.2, -0.15) is 0 Å². The number of fused-ring (bicyclic) bond motifs is 1. The minimum absolute atomic E-state index is 0.194. The highest BCUT2D eigenvalue weighted by molar-refractivity contribution is 5.84. The van der Waals surface area contributed by atoms with E-state index in [9.17, 15) is 9.90 Å². The van der Waals surface area contributed by atoms with Gasteiger partial charge in [0.2, 0.25) is 0 Å². The van der Waals surface area contributed by atoms with Crippen LogP contribution in [0.5, 0.6) is 5.75 Å². The Kier molecular flexibility index (Phi) is 6.28. The number of nitrogens with zero attached hydrogens (tertiary/aromatic N) is 1. The van der Waals surface area contributed by atoms with Crippen LogP contribution >= 0.6 is 0 Å². The molecule has 32 heavy (non-hydrogen) atoms. The molecule has 4 nitrogen and oxygen atoms in total. The lowest BCUT2D eigenvalue weighted by Crippen LogP contribution is -2.30. The number of carboxylic acids is 1. The molecular formula is C28H39NO3. The molecule has 4 rings (SSSR count). The van der Waals surface area contributed by atoms with Crippen LogP contribution in [0.1, 0.15) is 65.9 Å². The summed E-state index contributed by atoms with van der Waals surface area (Å²) in [6.45, 7) is 13.4. The molecule has 2 fully saturated rings. The van der Waals surface area contributed by atoms with E-state index in [1.165, 1.54) is 29.2 Å². The number of hydrogen-bond donors (Lipinski definition) is 1. The molecule has 2 aromatic rings. The molecule has 1 atom stereocenters. The summed E-state index contributed by atoms with van der Waals surface area (Å²) in [4.78, 5) is 13.9. The monoisotopic (exact) mass is 437 g/mol. The Balaban J connectivity index is 1.38. The van der Waals surface area contributed by atoms with Crippen molar-refractivity contribution in [1.82, 2.24) is 4.90 Å². The number of ether oxygens (including phenoxy) is 1. The van der Waals surface area contributed by atoms with Crippen molar-refractivity contribution in [2.75, 3.05) is 13.1 Å². The van der Waals surface area contributed by atoms with Crippen LogP contribution in [0.2, 0.25) is 0 Å². The Morgan fingerprint density at radius 3 is 2.34 bits per heavy atom. The first kappa shape index (κ1) is 23.1. The van der Waals surface area contributed by atoms with E-state index in [0.29, 0.717) is 18.1 Å². The average molecular weight is 438 g/mol. The van der Waals surface area contributed by atoms with Gasteiger partial charge in [0.15, 0.2) is 0 Å². The van der Waals surface area contributed by atoms with E-state index in [-0.39, 0.29) is 11.3 Å². The zero-order valence-corrected chi connectivity index (χ0v) is 20.4. The van der Waals surface area contributed by atoms with E-state index in [2.05, 4.69) is 75.9 Å². The molecule has 2 aromatic carbocycles. The molecule has 0 bridgehead atoms. The number of benzene rings is 2. The quantitative estimate of drug-likeness (QED) is 0.591. The van der Waals surface area contributed by atoms with Crippen molar-refractivity contribution >= 4 is 16.7 Å². The van der Waals surface area contributed by atoms with Crippen LogP contribution in [0.25, 0.3) is 10.8 Å². The second kappa shape index (κ2) is 8.70. The number of aliphatic carboxylic acids is 1. The fraction of sp³-hybridized carbons (Fsp3) is 0.607. The minimum Gasteiger partial charge on any atom is -0.490 e. The third-order valence-corrected chi connectivity index (χ3v) is 7.80. The summed E-state index contributed by atoms with van der Waals surface area (Å²) in [5.41, 5.74) is 1.43. The molecule has 174 valence electrons. The van der Waals surface area contributed by atoms with Crippen molar-refractivity contribution in [3.8, 4) is 5.75 Å². The molecule has 0 amide bonds. The molecule has 0 spiro atoms. The van der Waals surface area contributed by atoms with Gasteiger partial charge in [-0.1, -0.05) is 52.8 Å². The van der Waals surface area contributed by atoms with E-state index in [4.69, 9.17) is 4.74 Å². The molecule has 2 aliphatic rings. The van der Waals surface area contributed by atoms with Crippen molar-refractivity contribution in [2.45, 2.75) is 73.0 Å². The van der Waals surface area contributed by atoms with Gasteiger partial charge < -0.3 is 9.84 Å². The second-order valence-corrected chi connectivity index (χ2v) is 11.8. The Morgan fingerprint density at radius 2 is 1.72 bits per heavy atom. The van der Waals surface area contributed by atoms with Crippen LogP contribution in [0.4, 0.5) is 0 Å². The Hall–Kier alpha value is -2.07. The van der Waals surface area contributed by atoms with Crippen LogP contribution in [-0.4, -0.2) is 35.2 Å². The molecule has 1 unspecified atom stereocenters. The lowest BCUT2D eigenvalue weighted by molar-refractivity contribution is -0.144. The number of likely N-dealkylation sites (tertiary alicyclic amines) is 1. The molecule has 0 aromatic heterocycles. The number of carbonyl (C=O) groups is 1. The summed E-state index contributed by atoms with van der Waals surface area (Å²) in [5, 5.41) is 11.9. The van der Waals surface area contributed by atoms with E-state index in [0.717, 1.165) is 37.6 Å². The van der Waals surface area contributed by atoms with Gasteiger partial charge in [-0.05, 0) is 77.0 Å². The van der Waals surface area contributed by atoms with Gasteiger partial charge >= 0.3 is 5.97 Å². The predicted molar refractivity (Wildman–Crippen MR) is 130 cm³/mol.